The zero-order valence-electron chi connectivity index (χ0n) is 15.4. The Hall–Kier alpha value is -1.68. The van der Waals surface area contributed by atoms with Crippen molar-refractivity contribution in [1.29, 1.82) is 0 Å². The molecule has 4 heteroatoms. The molecule has 0 bridgehead atoms. The highest BCUT2D eigenvalue weighted by atomic mass is 16.5. The van der Waals surface area contributed by atoms with Gasteiger partial charge in [0.1, 0.15) is 17.0 Å². The van der Waals surface area contributed by atoms with E-state index in [1.807, 2.05) is 6.07 Å². The van der Waals surface area contributed by atoms with Gasteiger partial charge in [-0.15, -0.1) is 4.91 Å². The number of allylic oxidation sites excluding steroid dienone is 2. The normalized spacial score (nSPS) is 19.5. The van der Waals surface area contributed by atoms with Crippen LogP contribution in [0.15, 0.2) is 29.0 Å². The molecule has 0 aromatic heterocycles. The van der Waals surface area contributed by atoms with Crippen LogP contribution in [0, 0.1) is 4.91 Å². The summed E-state index contributed by atoms with van der Waals surface area (Å²) in [6.45, 7) is 9.17. The highest BCUT2D eigenvalue weighted by Crippen LogP contribution is 2.47. The van der Waals surface area contributed by atoms with E-state index in [4.69, 9.17) is 10.5 Å². The first-order valence-electron chi connectivity index (χ1n) is 8.96. The van der Waals surface area contributed by atoms with Gasteiger partial charge in [-0.2, -0.15) is 0 Å². The third kappa shape index (κ3) is 4.44. The first kappa shape index (κ1) is 18.7. The van der Waals surface area contributed by atoms with Crippen LogP contribution in [-0.4, -0.2) is 12.1 Å². The predicted molar refractivity (Wildman–Crippen MR) is 100 cm³/mol. The predicted octanol–water partition coefficient (Wildman–Crippen LogP) is 5.37. The molecule has 24 heavy (non-hydrogen) atoms. The molecule has 0 aliphatic carbocycles. The molecule has 0 radical (unpaired) electrons. The lowest BCUT2D eigenvalue weighted by Gasteiger charge is -2.37. The number of ether oxygens (including phenoxy) is 1. The number of hydrogen-bond acceptors (Lipinski definition) is 4. The van der Waals surface area contributed by atoms with E-state index in [0.29, 0.717) is 12.2 Å². The van der Waals surface area contributed by atoms with Crippen molar-refractivity contribution in [3.05, 3.63) is 39.8 Å². The van der Waals surface area contributed by atoms with E-state index >= 15 is 0 Å². The average Bonchev–Trinajstić information content (AvgIpc) is 2.51. The van der Waals surface area contributed by atoms with Gasteiger partial charge in [-0.05, 0) is 75.9 Å². The molecule has 1 aromatic rings. The zero-order valence-corrected chi connectivity index (χ0v) is 15.4. The van der Waals surface area contributed by atoms with Gasteiger partial charge >= 0.3 is 0 Å². The number of hydrogen-bond donors (Lipinski definition) is 1. The van der Waals surface area contributed by atoms with Crippen LogP contribution in [0.2, 0.25) is 0 Å². The fourth-order valence-electron chi connectivity index (χ4n) is 3.55. The van der Waals surface area contributed by atoms with Crippen LogP contribution in [0.5, 0.6) is 5.75 Å². The lowest BCUT2D eigenvalue weighted by atomic mass is 9.81. The summed E-state index contributed by atoms with van der Waals surface area (Å²) in [6, 6.07) is 4.01. The molecule has 1 aromatic carbocycles. The molecule has 0 fully saturated rings. The number of nitrogens with two attached hydrogens (primary N) is 1. The number of aryl methyl sites for hydroxylation is 1. The maximum absolute atomic E-state index is 11.5. The molecule has 1 aliphatic heterocycles. The van der Waals surface area contributed by atoms with Crippen molar-refractivity contribution in [2.24, 2.45) is 10.9 Å². The molecule has 0 saturated heterocycles. The molecule has 0 amide bonds. The van der Waals surface area contributed by atoms with Gasteiger partial charge in [0.2, 0.25) is 0 Å². The van der Waals surface area contributed by atoms with Gasteiger partial charge in [-0.1, -0.05) is 25.0 Å². The van der Waals surface area contributed by atoms with Crippen molar-refractivity contribution >= 4 is 5.69 Å². The summed E-state index contributed by atoms with van der Waals surface area (Å²) in [5, 5.41) is 3.31. The largest absolute Gasteiger partial charge is 0.487 e. The summed E-state index contributed by atoms with van der Waals surface area (Å²) in [5.74, 6) is 0.976. The molecule has 0 saturated carbocycles. The summed E-state index contributed by atoms with van der Waals surface area (Å²) in [5.41, 5.74) is 9.25. The molecule has 1 atom stereocenters. The van der Waals surface area contributed by atoms with Gasteiger partial charge in [-0.25, -0.2) is 0 Å². The molecule has 1 heterocycles. The molecular weight excluding hydrogens is 300 g/mol. The lowest BCUT2D eigenvalue weighted by molar-refractivity contribution is 0.0785. The Morgan fingerprint density at radius 1 is 1.46 bits per heavy atom. The Labute approximate surface area is 145 Å². The Balaban J connectivity index is 2.47. The second kappa shape index (κ2) is 7.93. The van der Waals surface area contributed by atoms with Crippen LogP contribution in [0.25, 0.3) is 0 Å². The van der Waals surface area contributed by atoms with Crippen molar-refractivity contribution in [1.82, 2.24) is 0 Å². The average molecular weight is 330 g/mol. The highest BCUT2D eigenvalue weighted by molar-refractivity contribution is 5.60. The second-order valence-corrected chi connectivity index (χ2v) is 7.45. The van der Waals surface area contributed by atoms with E-state index in [-0.39, 0.29) is 11.5 Å². The quantitative estimate of drug-likeness (QED) is 0.540. The van der Waals surface area contributed by atoms with Crippen LogP contribution in [-0.2, 0) is 6.42 Å². The van der Waals surface area contributed by atoms with Crippen molar-refractivity contribution in [2.45, 2.75) is 71.3 Å². The van der Waals surface area contributed by atoms with Crippen LogP contribution in [0.3, 0.4) is 0 Å². The van der Waals surface area contributed by atoms with Crippen molar-refractivity contribution in [3.63, 3.8) is 0 Å². The molecule has 1 aliphatic rings. The second-order valence-electron chi connectivity index (χ2n) is 7.45. The van der Waals surface area contributed by atoms with E-state index in [2.05, 4.69) is 45.0 Å². The third-order valence-corrected chi connectivity index (χ3v) is 4.55. The van der Waals surface area contributed by atoms with E-state index < -0.39 is 0 Å². The van der Waals surface area contributed by atoms with Gasteiger partial charge in [0, 0.05) is 11.5 Å². The van der Waals surface area contributed by atoms with E-state index in [0.717, 1.165) is 49.0 Å². The Morgan fingerprint density at radius 3 is 2.83 bits per heavy atom. The number of benzene rings is 1. The first-order chi connectivity index (χ1) is 11.4. The zero-order chi connectivity index (χ0) is 17.7. The van der Waals surface area contributed by atoms with Crippen molar-refractivity contribution < 1.29 is 4.74 Å². The summed E-state index contributed by atoms with van der Waals surface area (Å²) in [4.78, 5) is 11.5. The number of nitrogens with zero attached hydrogens (tertiary/aromatic N) is 1. The Bertz CT molecular complexity index is 620. The standard InChI is InChI=1S/C20H30N2O2/c1-5-7-15-11-17(22-23)19-16(10-14(2)8-6-9-21)13-20(3,4)24-18(19)12-15/h10-12,16H,5-9,13,21H2,1-4H3/b14-10-. The number of rotatable bonds is 7. The van der Waals surface area contributed by atoms with Gasteiger partial charge in [0.15, 0.2) is 0 Å². The molecule has 2 N–H and O–H groups in total. The number of fused-ring (bicyclic) bond motifs is 1. The fraction of sp³-hybridized carbons (Fsp3) is 0.600. The number of nitroso groups, excluding NO2 is 1. The first-order valence-corrected chi connectivity index (χ1v) is 8.96. The monoisotopic (exact) mass is 330 g/mol. The van der Waals surface area contributed by atoms with Gasteiger partial charge in [0.05, 0.1) is 0 Å². The molecule has 4 nitrogen and oxygen atoms in total. The third-order valence-electron chi connectivity index (χ3n) is 4.55. The summed E-state index contributed by atoms with van der Waals surface area (Å²) < 4.78 is 6.19. The molecule has 132 valence electrons. The van der Waals surface area contributed by atoms with Crippen LogP contribution in [0.1, 0.15) is 70.4 Å². The molecule has 2 rings (SSSR count). The molecule has 1 unspecified atom stereocenters. The van der Waals surface area contributed by atoms with Crippen LogP contribution in [0.4, 0.5) is 5.69 Å². The van der Waals surface area contributed by atoms with E-state index in [9.17, 15) is 4.91 Å². The van der Waals surface area contributed by atoms with E-state index in [1.54, 1.807) is 0 Å². The van der Waals surface area contributed by atoms with Crippen LogP contribution < -0.4 is 10.5 Å². The van der Waals surface area contributed by atoms with E-state index in [1.165, 1.54) is 5.57 Å². The smallest absolute Gasteiger partial charge is 0.126 e. The summed E-state index contributed by atoms with van der Waals surface area (Å²) in [6.07, 6.45) is 7.04. The Morgan fingerprint density at radius 2 is 2.21 bits per heavy atom. The van der Waals surface area contributed by atoms with Crippen LogP contribution >= 0.6 is 0 Å². The van der Waals surface area contributed by atoms with Gasteiger partial charge in [0.25, 0.3) is 0 Å². The van der Waals surface area contributed by atoms with Crippen molar-refractivity contribution in [2.75, 3.05) is 6.54 Å². The SMILES string of the molecule is CCCc1cc(N=O)c2c(c1)OC(C)(C)CC2/C=C(/C)CCCN. The minimum absolute atomic E-state index is 0.157. The highest BCUT2D eigenvalue weighted by Gasteiger charge is 2.35. The topological polar surface area (TPSA) is 64.7 Å². The fourth-order valence-corrected chi connectivity index (χ4v) is 3.55. The van der Waals surface area contributed by atoms with Gasteiger partial charge < -0.3 is 10.5 Å². The maximum Gasteiger partial charge on any atom is 0.126 e. The maximum atomic E-state index is 11.5. The minimum atomic E-state index is -0.257. The minimum Gasteiger partial charge on any atom is -0.487 e. The summed E-state index contributed by atoms with van der Waals surface area (Å²) >= 11 is 0. The molecular formula is C20H30N2O2. The molecule has 0 spiro atoms. The lowest BCUT2D eigenvalue weighted by Crippen LogP contribution is -2.34. The van der Waals surface area contributed by atoms with Gasteiger partial charge in [-0.3, -0.25) is 0 Å². The van der Waals surface area contributed by atoms with Crippen molar-refractivity contribution in [3.8, 4) is 5.75 Å². The summed E-state index contributed by atoms with van der Waals surface area (Å²) in [7, 11) is 0. The Kier molecular flexibility index (Phi) is 6.16.